The van der Waals surface area contributed by atoms with Crippen LogP contribution in [-0.2, 0) is 0 Å². The quantitative estimate of drug-likeness (QED) is 0.706. The molecule has 2 heteroatoms. The molecule has 1 saturated carbocycles. The molecule has 66 valence electrons. The molecule has 1 fully saturated rings. The first-order valence-corrected chi connectivity index (χ1v) is 5.58. The maximum atomic E-state index is 5.70. The lowest BCUT2D eigenvalue weighted by molar-refractivity contribution is 0.448. The maximum absolute atomic E-state index is 5.70. The number of hydrogen-bond donors (Lipinski definition) is 1. The summed E-state index contributed by atoms with van der Waals surface area (Å²) < 4.78 is 0. The molecule has 1 aliphatic rings. The van der Waals surface area contributed by atoms with E-state index in [1.165, 1.54) is 37.0 Å². The number of anilines is 1. The fraction of sp³-hybridized carbons (Fsp3) is 0.600. The Morgan fingerprint density at radius 1 is 1.25 bits per heavy atom. The molecule has 0 unspecified atom stereocenters. The van der Waals surface area contributed by atoms with Crippen molar-refractivity contribution in [1.82, 2.24) is 0 Å². The molecule has 0 saturated heterocycles. The van der Waals surface area contributed by atoms with Gasteiger partial charge >= 0.3 is 0 Å². The Hall–Kier alpha value is -0.500. The minimum Gasteiger partial charge on any atom is -0.398 e. The molecular weight excluding hydrogens is 166 g/mol. The van der Waals surface area contributed by atoms with Crippen LogP contribution in [0, 0.1) is 0 Å². The summed E-state index contributed by atoms with van der Waals surface area (Å²) in [4.78, 5) is 1.51. The van der Waals surface area contributed by atoms with Crippen LogP contribution in [0.2, 0.25) is 0 Å². The largest absolute Gasteiger partial charge is 0.398 e. The van der Waals surface area contributed by atoms with E-state index >= 15 is 0 Å². The number of rotatable bonds is 1. The predicted molar refractivity (Wildman–Crippen MR) is 54.6 cm³/mol. The predicted octanol–water partition coefficient (Wildman–Crippen LogP) is 3.38. The molecule has 1 heterocycles. The van der Waals surface area contributed by atoms with Gasteiger partial charge in [0, 0.05) is 15.9 Å². The molecule has 0 spiro atoms. The third-order valence-corrected chi connectivity index (χ3v) is 3.76. The van der Waals surface area contributed by atoms with Crippen molar-refractivity contribution >= 4 is 17.0 Å². The zero-order valence-electron chi connectivity index (χ0n) is 7.25. The minimum atomic E-state index is 0.820. The van der Waals surface area contributed by atoms with Crippen molar-refractivity contribution in [3.05, 3.63) is 16.3 Å². The average molecular weight is 181 g/mol. The van der Waals surface area contributed by atoms with Gasteiger partial charge in [0.05, 0.1) is 0 Å². The van der Waals surface area contributed by atoms with Crippen LogP contribution >= 0.6 is 11.3 Å². The molecule has 0 radical (unpaired) electrons. The van der Waals surface area contributed by atoms with Crippen molar-refractivity contribution in [2.24, 2.45) is 0 Å². The van der Waals surface area contributed by atoms with Gasteiger partial charge in [-0.3, -0.25) is 0 Å². The van der Waals surface area contributed by atoms with Crippen LogP contribution in [0.25, 0.3) is 0 Å². The van der Waals surface area contributed by atoms with Crippen molar-refractivity contribution in [2.45, 2.75) is 38.0 Å². The lowest BCUT2D eigenvalue weighted by Gasteiger charge is -2.19. The van der Waals surface area contributed by atoms with E-state index in [1.807, 2.05) is 11.3 Å². The van der Waals surface area contributed by atoms with Crippen LogP contribution in [0.3, 0.4) is 0 Å². The second-order valence-corrected chi connectivity index (χ2v) is 4.56. The van der Waals surface area contributed by atoms with E-state index in [2.05, 4.69) is 11.4 Å². The van der Waals surface area contributed by atoms with E-state index in [-0.39, 0.29) is 0 Å². The fourth-order valence-corrected chi connectivity index (χ4v) is 2.94. The molecule has 1 aromatic rings. The first kappa shape index (κ1) is 8.11. The third-order valence-electron chi connectivity index (χ3n) is 2.65. The van der Waals surface area contributed by atoms with Crippen molar-refractivity contribution < 1.29 is 0 Å². The summed E-state index contributed by atoms with van der Waals surface area (Å²) >= 11 is 1.83. The maximum Gasteiger partial charge on any atom is 0.0425 e. The van der Waals surface area contributed by atoms with Crippen LogP contribution in [0.1, 0.15) is 42.9 Å². The van der Waals surface area contributed by atoms with Crippen LogP contribution in [-0.4, -0.2) is 0 Å². The molecule has 0 aromatic carbocycles. The SMILES string of the molecule is Nc1csc(C2CCCCC2)c1. The van der Waals surface area contributed by atoms with E-state index in [1.54, 1.807) is 0 Å². The summed E-state index contributed by atoms with van der Waals surface area (Å²) in [5.41, 5.74) is 6.64. The molecule has 2 N–H and O–H groups in total. The van der Waals surface area contributed by atoms with E-state index < -0.39 is 0 Å². The topological polar surface area (TPSA) is 26.0 Å². The molecule has 1 aromatic heterocycles. The van der Waals surface area contributed by atoms with Gasteiger partial charge in [-0.1, -0.05) is 19.3 Å². The number of thiophene rings is 1. The van der Waals surface area contributed by atoms with Crippen molar-refractivity contribution in [2.75, 3.05) is 5.73 Å². The Bertz CT molecular complexity index is 248. The van der Waals surface area contributed by atoms with Gasteiger partial charge in [-0.25, -0.2) is 0 Å². The van der Waals surface area contributed by atoms with Crippen LogP contribution in [0.5, 0.6) is 0 Å². The lowest BCUT2D eigenvalue weighted by atomic mass is 9.88. The van der Waals surface area contributed by atoms with Gasteiger partial charge in [0.2, 0.25) is 0 Å². The Balaban J connectivity index is 2.08. The summed E-state index contributed by atoms with van der Waals surface area (Å²) in [6, 6.07) is 2.15. The van der Waals surface area contributed by atoms with E-state index in [9.17, 15) is 0 Å². The Labute approximate surface area is 77.6 Å². The minimum absolute atomic E-state index is 0.820. The standard InChI is InChI=1S/C10H15NS/c11-9-6-10(12-7-9)8-4-2-1-3-5-8/h6-8H,1-5,11H2. The van der Waals surface area contributed by atoms with Gasteiger partial charge in [0.25, 0.3) is 0 Å². The Kier molecular flexibility index (Phi) is 2.35. The highest BCUT2D eigenvalue weighted by molar-refractivity contribution is 7.10. The van der Waals surface area contributed by atoms with Crippen LogP contribution in [0.15, 0.2) is 11.4 Å². The van der Waals surface area contributed by atoms with Crippen molar-refractivity contribution in [3.63, 3.8) is 0 Å². The summed E-state index contributed by atoms with van der Waals surface area (Å²) in [5.74, 6) is 0.820. The van der Waals surface area contributed by atoms with Gasteiger partial charge in [0.15, 0.2) is 0 Å². The number of nitrogen functional groups attached to an aromatic ring is 1. The van der Waals surface area contributed by atoms with Gasteiger partial charge in [-0.15, -0.1) is 11.3 Å². The van der Waals surface area contributed by atoms with Crippen LogP contribution in [0.4, 0.5) is 5.69 Å². The molecule has 12 heavy (non-hydrogen) atoms. The zero-order valence-corrected chi connectivity index (χ0v) is 8.07. The van der Waals surface area contributed by atoms with E-state index in [4.69, 9.17) is 5.73 Å². The second-order valence-electron chi connectivity index (χ2n) is 3.62. The smallest absolute Gasteiger partial charge is 0.0425 e. The highest BCUT2D eigenvalue weighted by atomic mass is 32.1. The molecule has 0 atom stereocenters. The number of hydrogen-bond acceptors (Lipinski definition) is 2. The second kappa shape index (κ2) is 3.48. The normalized spacial score (nSPS) is 19.7. The molecule has 0 aliphatic heterocycles. The highest BCUT2D eigenvalue weighted by Crippen LogP contribution is 2.36. The Morgan fingerprint density at radius 2 is 2.00 bits per heavy atom. The van der Waals surface area contributed by atoms with E-state index in [0.717, 1.165) is 11.6 Å². The lowest BCUT2D eigenvalue weighted by Crippen LogP contribution is -2.02. The summed E-state index contributed by atoms with van der Waals surface area (Å²) in [7, 11) is 0. The van der Waals surface area contributed by atoms with Crippen molar-refractivity contribution in [1.29, 1.82) is 0 Å². The average Bonchev–Trinajstić information content (AvgIpc) is 2.54. The molecule has 1 aliphatic carbocycles. The summed E-state index contributed by atoms with van der Waals surface area (Å²) in [6.45, 7) is 0. The third kappa shape index (κ3) is 1.63. The molecule has 0 bridgehead atoms. The summed E-state index contributed by atoms with van der Waals surface area (Å²) in [6.07, 6.45) is 6.99. The van der Waals surface area contributed by atoms with Crippen LogP contribution < -0.4 is 5.73 Å². The molecular formula is C10H15NS. The van der Waals surface area contributed by atoms with Gasteiger partial charge in [0.1, 0.15) is 0 Å². The molecule has 0 amide bonds. The first-order chi connectivity index (χ1) is 5.86. The van der Waals surface area contributed by atoms with Crippen molar-refractivity contribution in [3.8, 4) is 0 Å². The molecule has 2 rings (SSSR count). The Morgan fingerprint density at radius 3 is 2.58 bits per heavy atom. The van der Waals surface area contributed by atoms with Gasteiger partial charge < -0.3 is 5.73 Å². The highest BCUT2D eigenvalue weighted by Gasteiger charge is 2.16. The van der Waals surface area contributed by atoms with E-state index in [0.29, 0.717) is 0 Å². The summed E-state index contributed by atoms with van der Waals surface area (Å²) in [5, 5.41) is 2.06. The number of nitrogens with two attached hydrogens (primary N) is 1. The van der Waals surface area contributed by atoms with Gasteiger partial charge in [-0.05, 0) is 24.8 Å². The van der Waals surface area contributed by atoms with Gasteiger partial charge in [-0.2, -0.15) is 0 Å². The fourth-order valence-electron chi connectivity index (χ4n) is 1.97. The first-order valence-electron chi connectivity index (χ1n) is 4.70. The zero-order chi connectivity index (χ0) is 8.39. The molecule has 1 nitrogen and oxygen atoms in total. The monoisotopic (exact) mass is 181 g/mol.